The molecular formula is C30H28O6S2. The number of Topliss-reactive ketones (excluding diaryl/α,β-unsaturated/α-hetero) is 1. The van der Waals surface area contributed by atoms with Crippen molar-refractivity contribution in [3.05, 3.63) is 89.0 Å². The number of hydrogen-bond donors (Lipinski definition) is 2. The third-order valence-electron chi connectivity index (χ3n) is 5.98. The topological polar surface area (TPSA) is 93.1 Å². The van der Waals surface area contributed by atoms with Crippen molar-refractivity contribution in [3.8, 4) is 23.0 Å². The number of carbonyl (C=O) groups is 2. The zero-order valence-electron chi connectivity index (χ0n) is 21.5. The Morgan fingerprint density at radius 2 is 1.50 bits per heavy atom. The zero-order chi connectivity index (χ0) is 27.4. The maximum Gasteiger partial charge on any atom is 0.194 e. The summed E-state index contributed by atoms with van der Waals surface area (Å²) in [5, 5.41) is 21.6. The second-order valence-electron chi connectivity index (χ2n) is 8.81. The summed E-state index contributed by atoms with van der Waals surface area (Å²) in [6.07, 6.45) is 3.77. The van der Waals surface area contributed by atoms with Crippen molar-refractivity contribution in [3.63, 3.8) is 0 Å². The molecule has 1 aliphatic rings. The molecule has 2 N–H and O–H groups in total. The van der Waals surface area contributed by atoms with E-state index in [0.717, 1.165) is 22.2 Å². The van der Waals surface area contributed by atoms with Gasteiger partial charge in [0.2, 0.25) is 0 Å². The number of methoxy groups -OCH3 is 2. The van der Waals surface area contributed by atoms with Crippen molar-refractivity contribution in [1.82, 2.24) is 0 Å². The predicted molar refractivity (Wildman–Crippen MR) is 150 cm³/mol. The first-order valence-corrected chi connectivity index (χ1v) is 13.6. The number of aromatic hydroxyl groups is 2. The van der Waals surface area contributed by atoms with Crippen LogP contribution in [0.3, 0.4) is 0 Å². The highest BCUT2D eigenvalue weighted by Crippen LogP contribution is 2.47. The lowest BCUT2D eigenvalue weighted by Crippen LogP contribution is -2.24. The Bertz CT molecular complexity index is 1450. The fourth-order valence-electron chi connectivity index (χ4n) is 4.12. The summed E-state index contributed by atoms with van der Waals surface area (Å²) in [6, 6.07) is 16.0. The summed E-state index contributed by atoms with van der Waals surface area (Å²) in [4.78, 5) is 28.9. The molecule has 0 aliphatic heterocycles. The number of fused-ring (bicyclic) bond motifs is 1. The molecule has 196 valence electrons. The van der Waals surface area contributed by atoms with Gasteiger partial charge < -0.3 is 19.7 Å². The average Bonchev–Trinajstić information content (AvgIpc) is 2.91. The summed E-state index contributed by atoms with van der Waals surface area (Å²) in [6.45, 7) is 3.93. The number of phenolic OH excluding ortho intramolecular Hbond substituents is 2. The van der Waals surface area contributed by atoms with E-state index in [1.54, 1.807) is 19.2 Å². The standard InChI is InChI=1S/C30H28O6S2/c1-17(2)13-14-23(37-24-11-7-5-9-21(24)35-3)18-15-19(31)27-20(32)16-26(30(34)28(27)29(18)33)38-25-12-8-6-10-22(25)36-4/h5-13,15-16,23,32,34H,14H2,1-4H3. The minimum atomic E-state index is -0.529. The second kappa shape index (κ2) is 11.8. The molecule has 1 atom stereocenters. The Morgan fingerprint density at radius 3 is 2.13 bits per heavy atom. The molecule has 6 nitrogen and oxygen atoms in total. The fourth-order valence-corrected chi connectivity index (χ4v) is 6.35. The maximum absolute atomic E-state index is 13.9. The van der Waals surface area contributed by atoms with Gasteiger partial charge >= 0.3 is 0 Å². The van der Waals surface area contributed by atoms with Crippen molar-refractivity contribution in [1.29, 1.82) is 0 Å². The molecule has 0 aromatic heterocycles. The van der Waals surface area contributed by atoms with Crippen molar-refractivity contribution >= 4 is 35.1 Å². The maximum atomic E-state index is 13.9. The number of ketones is 2. The van der Waals surface area contributed by atoms with Crippen LogP contribution in [0.15, 0.2) is 92.6 Å². The van der Waals surface area contributed by atoms with Gasteiger partial charge in [0.15, 0.2) is 11.6 Å². The molecule has 0 fully saturated rings. The third-order valence-corrected chi connectivity index (χ3v) is 8.39. The van der Waals surface area contributed by atoms with Gasteiger partial charge in [0.1, 0.15) is 23.0 Å². The van der Waals surface area contributed by atoms with Crippen LogP contribution in [0, 0.1) is 0 Å². The molecule has 8 heteroatoms. The van der Waals surface area contributed by atoms with E-state index in [9.17, 15) is 19.8 Å². The second-order valence-corrected chi connectivity index (χ2v) is 11.1. The van der Waals surface area contributed by atoms with Gasteiger partial charge in [0.05, 0.1) is 35.1 Å². The van der Waals surface area contributed by atoms with Gasteiger partial charge in [0, 0.05) is 15.7 Å². The Kier molecular flexibility index (Phi) is 8.54. The minimum absolute atomic E-state index is 0.187. The first-order valence-electron chi connectivity index (χ1n) is 11.9. The fraction of sp³-hybridized carbons (Fsp3) is 0.200. The number of allylic oxidation sites excluding steroid dienone is 3. The summed E-state index contributed by atoms with van der Waals surface area (Å²) in [7, 11) is 3.12. The Labute approximate surface area is 230 Å². The van der Waals surface area contributed by atoms with E-state index < -0.39 is 16.8 Å². The van der Waals surface area contributed by atoms with Crippen molar-refractivity contribution in [2.75, 3.05) is 14.2 Å². The van der Waals surface area contributed by atoms with Crippen LogP contribution >= 0.6 is 23.5 Å². The SMILES string of the molecule is COc1ccccc1Sc1cc(O)c2c(c1O)C(=O)C(C(CC=C(C)C)Sc1ccccc1OC)=CC2=O. The molecule has 0 heterocycles. The molecule has 4 rings (SSSR count). The van der Waals surface area contributed by atoms with E-state index in [2.05, 4.69) is 0 Å². The summed E-state index contributed by atoms with van der Waals surface area (Å²) in [5.74, 6) is -0.496. The molecule has 3 aromatic rings. The summed E-state index contributed by atoms with van der Waals surface area (Å²) < 4.78 is 10.9. The van der Waals surface area contributed by atoms with E-state index in [0.29, 0.717) is 22.8 Å². The highest BCUT2D eigenvalue weighted by atomic mass is 32.2. The van der Waals surface area contributed by atoms with E-state index in [1.165, 1.54) is 31.0 Å². The van der Waals surface area contributed by atoms with E-state index in [-0.39, 0.29) is 33.1 Å². The Hall–Kier alpha value is -3.62. The molecule has 0 saturated carbocycles. The molecule has 1 unspecified atom stereocenters. The molecule has 3 aromatic carbocycles. The summed E-state index contributed by atoms with van der Waals surface area (Å²) >= 11 is 2.55. The molecule has 0 radical (unpaired) electrons. The molecule has 0 saturated heterocycles. The van der Waals surface area contributed by atoms with Crippen molar-refractivity contribution in [2.45, 2.75) is 40.2 Å². The molecular weight excluding hydrogens is 520 g/mol. The molecule has 0 spiro atoms. The van der Waals surface area contributed by atoms with Crippen LogP contribution in [0.5, 0.6) is 23.0 Å². The Balaban J connectivity index is 1.78. The van der Waals surface area contributed by atoms with Gasteiger partial charge in [0.25, 0.3) is 0 Å². The lowest BCUT2D eigenvalue weighted by molar-refractivity contribution is 0.0976. The van der Waals surface area contributed by atoms with Gasteiger partial charge in [-0.1, -0.05) is 47.7 Å². The minimum Gasteiger partial charge on any atom is -0.507 e. The highest BCUT2D eigenvalue weighted by molar-refractivity contribution is 8.00. The number of thioether (sulfide) groups is 1. The highest BCUT2D eigenvalue weighted by Gasteiger charge is 2.36. The molecule has 1 aliphatic carbocycles. The number of rotatable bonds is 9. The van der Waals surface area contributed by atoms with Crippen molar-refractivity contribution < 1.29 is 29.3 Å². The number of benzene rings is 3. The van der Waals surface area contributed by atoms with Gasteiger partial charge in [-0.05, 0) is 56.7 Å². The smallest absolute Gasteiger partial charge is 0.194 e. The first-order chi connectivity index (χ1) is 18.2. The van der Waals surface area contributed by atoms with Gasteiger partial charge in [-0.25, -0.2) is 0 Å². The molecule has 38 heavy (non-hydrogen) atoms. The van der Waals surface area contributed by atoms with Crippen LogP contribution in [0.25, 0.3) is 0 Å². The number of phenols is 2. The van der Waals surface area contributed by atoms with Gasteiger partial charge in [-0.15, -0.1) is 11.8 Å². The zero-order valence-corrected chi connectivity index (χ0v) is 23.1. The van der Waals surface area contributed by atoms with Crippen LogP contribution in [0.2, 0.25) is 0 Å². The number of carbonyl (C=O) groups excluding carboxylic acids is 2. The van der Waals surface area contributed by atoms with Gasteiger partial charge in [-0.3, -0.25) is 9.59 Å². The van der Waals surface area contributed by atoms with E-state index >= 15 is 0 Å². The largest absolute Gasteiger partial charge is 0.507 e. The quantitative estimate of drug-likeness (QED) is 0.166. The van der Waals surface area contributed by atoms with Crippen LogP contribution in [-0.4, -0.2) is 41.2 Å². The lowest BCUT2D eigenvalue weighted by Gasteiger charge is -2.24. The predicted octanol–water partition coefficient (Wildman–Crippen LogP) is 7.09. The lowest BCUT2D eigenvalue weighted by atomic mass is 9.86. The van der Waals surface area contributed by atoms with Crippen LogP contribution in [0.1, 0.15) is 41.0 Å². The number of hydrogen-bond acceptors (Lipinski definition) is 8. The van der Waals surface area contributed by atoms with E-state index in [1.807, 2.05) is 56.3 Å². The molecule has 0 amide bonds. The van der Waals surface area contributed by atoms with Crippen molar-refractivity contribution in [2.24, 2.45) is 0 Å². The normalized spacial score (nSPS) is 13.4. The van der Waals surface area contributed by atoms with E-state index in [4.69, 9.17) is 9.47 Å². The monoisotopic (exact) mass is 548 g/mol. The average molecular weight is 549 g/mol. The Morgan fingerprint density at radius 1 is 0.895 bits per heavy atom. The first kappa shape index (κ1) is 27.4. The van der Waals surface area contributed by atoms with Gasteiger partial charge in [-0.2, -0.15) is 0 Å². The third kappa shape index (κ3) is 5.61. The molecule has 0 bridgehead atoms. The number of ether oxygens (including phenoxy) is 2. The number of para-hydroxylation sites is 2. The van der Waals surface area contributed by atoms with Crippen LogP contribution < -0.4 is 9.47 Å². The summed E-state index contributed by atoms with van der Waals surface area (Å²) in [5.41, 5.74) is 0.948. The van der Waals surface area contributed by atoms with Crippen LogP contribution in [0.4, 0.5) is 0 Å². The van der Waals surface area contributed by atoms with Crippen LogP contribution in [-0.2, 0) is 0 Å².